The van der Waals surface area contributed by atoms with Gasteiger partial charge in [-0.25, -0.2) is 4.98 Å². The van der Waals surface area contributed by atoms with E-state index in [1.807, 2.05) is 55.5 Å². The maximum atomic E-state index is 12.8. The molecule has 0 bridgehead atoms. The molecular formula is C22H21N3O2S2. The molecule has 1 aromatic heterocycles. The molecule has 148 valence electrons. The molecule has 1 heterocycles. The van der Waals surface area contributed by atoms with Crippen molar-refractivity contribution in [2.75, 3.05) is 17.6 Å². The van der Waals surface area contributed by atoms with Crippen LogP contribution < -0.4 is 10.6 Å². The molecule has 0 radical (unpaired) electrons. The molecule has 2 aromatic carbocycles. The van der Waals surface area contributed by atoms with Crippen LogP contribution in [0.25, 0.3) is 11.3 Å². The Bertz CT molecular complexity index is 1020. The molecule has 0 unspecified atom stereocenters. The molecule has 2 N–H and O–H groups in total. The van der Waals surface area contributed by atoms with Crippen molar-refractivity contribution in [3.63, 3.8) is 0 Å². The molecule has 0 saturated heterocycles. The fourth-order valence-electron chi connectivity index (χ4n) is 2.60. The molecular weight excluding hydrogens is 402 g/mol. The number of thiazole rings is 1. The first-order valence-electron chi connectivity index (χ1n) is 9.02. The van der Waals surface area contributed by atoms with Crippen LogP contribution in [0.3, 0.4) is 0 Å². The summed E-state index contributed by atoms with van der Waals surface area (Å²) in [6.45, 7) is 5.93. The quantitative estimate of drug-likeness (QED) is 0.405. The predicted molar refractivity (Wildman–Crippen MR) is 121 cm³/mol. The van der Waals surface area contributed by atoms with Crippen molar-refractivity contribution in [3.8, 4) is 11.3 Å². The number of carbonyl (C=O) groups is 2. The highest BCUT2D eigenvalue weighted by molar-refractivity contribution is 8.01. The van der Waals surface area contributed by atoms with E-state index in [4.69, 9.17) is 0 Å². The van der Waals surface area contributed by atoms with Crippen molar-refractivity contribution in [2.45, 2.75) is 11.3 Å². The third-order valence-electron chi connectivity index (χ3n) is 4.04. The van der Waals surface area contributed by atoms with Crippen molar-refractivity contribution >= 4 is 39.9 Å². The van der Waals surface area contributed by atoms with Gasteiger partial charge < -0.3 is 10.6 Å². The van der Waals surface area contributed by atoms with E-state index in [9.17, 15) is 9.59 Å². The predicted octanol–water partition coefficient (Wildman–Crippen LogP) is 4.77. The Labute approximate surface area is 178 Å². The molecule has 2 amide bonds. The lowest BCUT2D eigenvalue weighted by Gasteiger charge is -2.07. The van der Waals surface area contributed by atoms with E-state index >= 15 is 0 Å². The van der Waals surface area contributed by atoms with Gasteiger partial charge in [0.1, 0.15) is 10.7 Å². The van der Waals surface area contributed by atoms with Crippen LogP contribution in [0.2, 0.25) is 0 Å². The topological polar surface area (TPSA) is 71.1 Å². The number of aromatic nitrogens is 1. The molecule has 0 saturated carbocycles. The van der Waals surface area contributed by atoms with Crippen LogP contribution in [-0.2, 0) is 4.79 Å². The van der Waals surface area contributed by atoms with Gasteiger partial charge in [-0.2, -0.15) is 0 Å². The van der Waals surface area contributed by atoms with E-state index in [0.717, 1.165) is 15.5 Å². The van der Waals surface area contributed by atoms with Gasteiger partial charge in [0, 0.05) is 17.7 Å². The number of nitrogens with one attached hydrogen (secondary N) is 2. The molecule has 3 rings (SSSR count). The van der Waals surface area contributed by atoms with Gasteiger partial charge in [0.2, 0.25) is 5.91 Å². The van der Waals surface area contributed by atoms with Crippen LogP contribution in [0.15, 0.2) is 71.6 Å². The van der Waals surface area contributed by atoms with Gasteiger partial charge in [-0.15, -0.1) is 6.58 Å². The summed E-state index contributed by atoms with van der Waals surface area (Å²) in [6.07, 6.45) is 1.64. The summed E-state index contributed by atoms with van der Waals surface area (Å²) in [7, 11) is 0. The Kier molecular flexibility index (Phi) is 7.21. The number of amides is 2. The minimum Gasteiger partial charge on any atom is -0.352 e. The summed E-state index contributed by atoms with van der Waals surface area (Å²) in [5, 5.41) is 6.41. The number of carbonyl (C=O) groups excluding carboxylic acids is 2. The Balaban J connectivity index is 1.83. The first-order valence-corrected chi connectivity index (χ1v) is 10.8. The lowest BCUT2D eigenvalue weighted by Crippen LogP contribution is -2.24. The standard InChI is InChI=1S/C22H21N3O2S2/c1-3-13-23-18(26)14-28-22-24-19(16-10-5-4-6-11-16)21(29-22)25-20(27)17-12-8-7-9-15(17)2/h3-12H,1,13-14H2,2H3,(H,23,26)(H,25,27). The second kappa shape index (κ2) is 10.0. The van der Waals surface area contributed by atoms with Crippen molar-refractivity contribution in [1.29, 1.82) is 0 Å². The first kappa shape index (κ1) is 20.8. The first-order chi connectivity index (χ1) is 14.1. The lowest BCUT2D eigenvalue weighted by molar-refractivity contribution is -0.118. The van der Waals surface area contributed by atoms with Crippen LogP contribution in [0.4, 0.5) is 5.00 Å². The highest BCUT2D eigenvalue weighted by Crippen LogP contribution is 2.37. The van der Waals surface area contributed by atoms with Crippen LogP contribution in [0.1, 0.15) is 15.9 Å². The van der Waals surface area contributed by atoms with Gasteiger partial charge in [0.25, 0.3) is 5.91 Å². The fourth-order valence-corrected chi connectivity index (χ4v) is 4.49. The number of hydrogen-bond donors (Lipinski definition) is 2. The Hall–Kier alpha value is -2.90. The summed E-state index contributed by atoms with van der Waals surface area (Å²) in [5.41, 5.74) is 3.14. The molecule has 0 fully saturated rings. The maximum Gasteiger partial charge on any atom is 0.256 e. The lowest BCUT2D eigenvalue weighted by atomic mass is 10.1. The van der Waals surface area contributed by atoms with Gasteiger partial charge in [0.05, 0.1) is 5.75 Å². The highest BCUT2D eigenvalue weighted by atomic mass is 32.2. The smallest absolute Gasteiger partial charge is 0.256 e. The molecule has 7 heteroatoms. The van der Waals surface area contributed by atoms with Gasteiger partial charge in [-0.1, -0.05) is 77.7 Å². The van der Waals surface area contributed by atoms with E-state index in [1.165, 1.54) is 23.1 Å². The zero-order valence-electron chi connectivity index (χ0n) is 16.0. The van der Waals surface area contributed by atoms with Gasteiger partial charge in [-0.3, -0.25) is 9.59 Å². The molecule has 0 spiro atoms. The van der Waals surface area contributed by atoms with Gasteiger partial charge in [0.15, 0.2) is 4.34 Å². The Morgan fingerprint density at radius 1 is 1.14 bits per heavy atom. The van der Waals surface area contributed by atoms with Gasteiger partial charge >= 0.3 is 0 Å². The zero-order valence-corrected chi connectivity index (χ0v) is 17.6. The number of anilines is 1. The average molecular weight is 424 g/mol. The third-order valence-corrected chi connectivity index (χ3v) is 6.16. The molecule has 0 aliphatic rings. The number of nitrogens with zero attached hydrogens (tertiary/aromatic N) is 1. The van der Waals surface area contributed by atoms with E-state index in [-0.39, 0.29) is 17.6 Å². The largest absolute Gasteiger partial charge is 0.352 e. The van der Waals surface area contributed by atoms with E-state index in [1.54, 1.807) is 12.1 Å². The Morgan fingerprint density at radius 3 is 2.59 bits per heavy atom. The second-order valence-electron chi connectivity index (χ2n) is 6.17. The number of rotatable bonds is 8. The Morgan fingerprint density at radius 2 is 1.86 bits per heavy atom. The molecule has 29 heavy (non-hydrogen) atoms. The molecule has 0 aliphatic carbocycles. The molecule has 5 nitrogen and oxygen atoms in total. The second-order valence-corrected chi connectivity index (χ2v) is 8.40. The third kappa shape index (κ3) is 5.56. The molecule has 3 aromatic rings. The maximum absolute atomic E-state index is 12.8. The van der Waals surface area contributed by atoms with Crippen LogP contribution in [-0.4, -0.2) is 29.1 Å². The monoisotopic (exact) mass is 423 g/mol. The van der Waals surface area contributed by atoms with Gasteiger partial charge in [-0.05, 0) is 18.6 Å². The molecule has 0 atom stereocenters. The number of hydrogen-bond acceptors (Lipinski definition) is 5. The van der Waals surface area contributed by atoms with E-state index < -0.39 is 0 Å². The average Bonchev–Trinajstić information content (AvgIpc) is 3.14. The normalized spacial score (nSPS) is 10.4. The highest BCUT2D eigenvalue weighted by Gasteiger charge is 2.18. The number of benzene rings is 2. The summed E-state index contributed by atoms with van der Waals surface area (Å²) in [6, 6.07) is 17.1. The fraction of sp³-hybridized carbons (Fsp3) is 0.136. The summed E-state index contributed by atoms with van der Waals surface area (Å²) < 4.78 is 0.720. The van der Waals surface area contributed by atoms with E-state index in [2.05, 4.69) is 22.2 Å². The SMILES string of the molecule is C=CCNC(=O)CSc1nc(-c2ccccc2)c(NC(=O)c2ccccc2C)s1. The van der Waals surface area contributed by atoms with Crippen LogP contribution >= 0.6 is 23.1 Å². The number of thioether (sulfide) groups is 1. The minimum absolute atomic E-state index is 0.0862. The molecule has 0 aliphatic heterocycles. The minimum atomic E-state index is -0.177. The van der Waals surface area contributed by atoms with Crippen molar-refractivity contribution in [2.24, 2.45) is 0 Å². The van der Waals surface area contributed by atoms with Crippen molar-refractivity contribution < 1.29 is 9.59 Å². The summed E-state index contributed by atoms with van der Waals surface area (Å²) in [5.74, 6) is -0.0121. The summed E-state index contributed by atoms with van der Waals surface area (Å²) >= 11 is 2.71. The van der Waals surface area contributed by atoms with Crippen LogP contribution in [0.5, 0.6) is 0 Å². The number of aryl methyl sites for hydroxylation is 1. The van der Waals surface area contributed by atoms with E-state index in [0.29, 0.717) is 22.8 Å². The van der Waals surface area contributed by atoms with Crippen molar-refractivity contribution in [1.82, 2.24) is 10.3 Å². The van der Waals surface area contributed by atoms with Crippen molar-refractivity contribution in [3.05, 3.63) is 78.4 Å². The zero-order chi connectivity index (χ0) is 20.6. The summed E-state index contributed by atoms with van der Waals surface area (Å²) in [4.78, 5) is 29.3. The van der Waals surface area contributed by atoms with Crippen LogP contribution in [0, 0.1) is 6.92 Å².